The molecule has 1 atom stereocenters. The zero-order valence-electron chi connectivity index (χ0n) is 23.6. The summed E-state index contributed by atoms with van der Waals surface area (Å²) in [6.45, 7) is 9.95. The molecule has 2 N–H and O–H groups in total. The van der Waals surface area contributed by atoms with Crippen LogP contribution in [-0.4, -0.2) is 56.7 Å². The maximum absolute atomic E-state index is 14.8. The molecule has 0 bridgehead atoms. The van der Waals surface area contributed by atoms with E-state index in [1.807, 2.05) is 60.4 Å². The summed E-state index contributed by atoms with van der Waals surface area (Å²) in [5, 5.41) is 6.55. The predicted molar refractivity (Wildman–Crippen MR) is 160 cm³/mol. The molecule has 0 aromatic heterocycles. The van der Waals surface area contributed by atoms with Crippen LogP contribution in [0.1, 0.15) is 50.4 Å². The summed E-state index contributed by atoms with van der Waals surface area (Å²) in [6, 6.07) is 18.8. The molecule has 3 aromatic rings. The van der Waals surface area contributed by atoms with Crippen LogP contribution in [0.15, 0.2) is 60.7 Å². The van der Waals surface area contributed by atoms with Gasteiger partial charge < -0.3 is 25.2 Å². The second-order valence-corrected chi connectivity index (χ2v) is 10.2. The van der Waals surface area contributed by atoms with Crippen LogP contribution in [0.25, 0.3) is 11.1 Å². The van der Waals surface area contributed by atoms with Crippen molar-refractivity contribution in [1.29, 1.82) is 0 Å². The molecule has 0 fully saturated rings. The lowest BCUT2D eigenvalue weighted by atomic mass is 10.0. The van der Waals surface area contributed by atoms with Crippen LogP contribution in [0.4, 0.5) is 21.5 Å². The average molecular weight is 533 g/mol. The van der Waals surface area contributed by atoms with Crippen LogP contribution in [0.3, 0.4) is 0 Å². The van der Waals surface area contributed by atoms with E-state index in [1.165, 1.54) is 6.07 Å². The summed E-state index contributed by atoms with van der Waals surface area (Å²) >= 11 is 0. The average Bonchev–Trinajstić information content (AvgIpc) is 3.10. The van der Waals surface area contributed by atoms with E-state index < -0.39 is 0 Å². The lowest BCUT2D eigenvalue weighted by molar-refractivity contribution is 0.0986. The van der Waals surface area contributed by atoms with Gasteiger partial charge in [0.15, 0.2) is 0 Å². The highest BCUT2D eigenvalue weighted by Crippen LogP contribution is 2.35. The zero-order chi connectivity index (χ0) is 27.8. The smallest absolute Gasteiger partial charge is 0.258 e. The molecule has 1 aliphatic heterocycles. The fourth-order valence-electron chi connectivity index (χ4n) is 5.02. The molecule has 0 saturated heterocycles. The van der Waals surface area contributed by atoms with Gasteiger partial charge in [0.05, 0.1) is 23.7 Å². The van der Waals surface area contributed by atoms with Crippen LogP contribution >= 0.6 is 0 Å². The van der Waals surface area contributed by atoms with Crippen molar-refractivity contribution < 1.29 is 13.9 Å². The maximum atomic E-state index is 14.8. The van der Waals surface area contributed by atoms with E-state index >= 15 is 0 Å². The number of anilines is 3. The normalized spacial score (nSPS) is 14.9. The molecule has 3 aromatic carbocycles. The highest BCUT2D eigenvalue weighted by Gasteiger charge is 2.25. The van der Waals surface area contributed by atoms with E-state index in [0.29, 0.717) is 42.3 Å². The van der Waals surface area contributed by atoms with Gasteiger partial charge in [-0.25, -0.2) is 4.39 Å². The van der Waals surface area contributed by atoms with E-state index in [2.05, 4.69) is 36.4 Å². The number of amides is 1. The number of hydrogen-bond acceptors (Lipinski definition) is 5. The molecule has 208 valence electrons. The van der Waals surface area contributed by atoms with Gasteiger partial charge in [-0.3, -0.25) is 4.79 Å². The van der Waals surface area contributed by atoms with E-state index in [1.54, 1.807) is 6.07 Å². The van der Waals surface area contributed by atoms with Gasteiger partial charge in [0, 0.05) is 36.8 Å². The molecular formula is C32H41FN4O2. The number of rotatable bonds is 11. The van der Waals surface area contributed by atoms with Crippen molar-refractivity contribution in [2.24, 2.45) is 0 Å². The van der Waals surface area contributed by atoms with Crippen molar-refractivity contribution in [3.63, 3.8) is 0 Å². The summed E-state index contributed by atoms with van der Waals surface area (Å²) < 4.78 is 21.1. The molecule has 39 heavy (non-hydrogen) atoms. The zero-order valence-corrected chi connectivity index (χ0v) is 23.6. The first-order valence-corrected chi connectivity index (χ1v) is 14.1. The molecule has 0 saturated carbocycles. The van der Waals surface area contributed by atoms with Gasteiger partial charge in [0.25, 0.3) is 5.91 Å². The number of benzene rings is 3. The van der Waals surface area contributed by atoms with Crippen LogP contribution in [0.2, 0.25) is 0 Å². The standard InChI is InChI=1S/C32H41FN4O2/c1-5-17-36(4)18-9-20-39-31-22-25(12-14-26(31)24-13-15-28(34-6-2)27(33)21-24)32(38)37-19-16-23(3)35-29-10-7-8-11-30(29)37/h7-8,10-15,21-23,34-35H,5-6,9,16-20H2,1-4H3/t23-/m0/s1. The van der Waals surface area contributed by atoms with E-state index in [4.69, 9.17) is 4.74 Å². The second-order valence-electron chi connectivity index (χ2n) is 10.2. The lowest BCUT2D eigenvalue weighted by Gasteiger charge is -2.23. The number of fused-ring (bicyclic) bond motifs is 1. The molecule has 1 heterocycles. The minimum atomic E-state index is -0.315. The third kappa shape index (κ3) is 7.09. The Morgan fingerprint density at radius 3 is 2.72 bits per heavy atom. The lowest BCUT2D eigenvalue weighted by Crippen LogP contribution is -2.32. The molecule has 7 heteroatoms. The van der Waals surface area contributed by atoms with Gasteiger partial charge in [0.2, 0.25) is 0 Å². The fourth-order valence-corrected chi connectivity index (χ4v) is 5.02. The fraction of sp³-hybridized carbons (Fsp3) is 0.406. The van der Waals surface area contributed by atoms with Crippen molar-refractivity contribution in [1.82, 2.24) is 4.90 Å². The maximum Gasteiger partial charge on any atom is 0.258 e. The summed E-state index contributed by atoms with van der Waals surface area (Å²) in [4.78, 5) is 18.0. The van der Waals surface area contributed by atoms with Crippen LogP contribution < -0.4 is 20.3 Å². The molecule has 0 spiro atoms. The molecule has 0 unspecified atom stereocenters. The van der Waals surface area contributed by atoms with Gasteiger partial charge in [-0.1, -0.05) is 25.1 Å². The molecule has 1 amide bonds. The SMILES string of the molecule is CCCN(C)CCCOc1cc(C(=O)N2CC[C@H](C)Nc3ccccc32)ccc1-c1ccc(NCC)c(F)c1. The second kappa shape index (κ2) is 13.5. The van der Waals surface area contributed by atoms with Crippen molar-refractivity contribution in [3.05, 3.63) is 72.0 Å². The summed E-state index contributed by atoms with van der Waals surface area (Å²) in [5.74, 6) is 0.194. The third-order valence-electron chi connectivity index (χ3n) is 7.05. The Kier molecular flexibility index (Phi) is 9.82. The van der Waals surface area contributed by atoms with Crippen molar-refractivity contribution >= 4 is 23.0 Å². The van der Waals surface area contributed by atoms with Gasteiger partial charge in [-0.15, -0.1) is 0 Å². The summed E-state index contributed by atoms with van der Waals surface area (Å²) in [5.41, 5.74) is 4.32. The van der Waals surface area contributed by atoms with Gasteiger partial charge >= 0.3 is 0 Å². The number of halogens is 1. The van der Waals surface area contributed by atoms with E-state index in [9.17, 15) is 9.18 Å². The van der Waals surface area contributed by atoms with Crippen molar-refractivity contribution in [3.8, 4) is 16.9 Å². The molecule has 4 rings (SSSR count). The first-order chi connectivity index (χ1) is 18.9. The Bertz CT molecular complexity index is 1260. The number of hydrogen-bond donors (Lipinski definition) is 2. The first-order valence-electron chi connectivity index (χ1n) is 14.1. The minimum absolute atomic E-state index is 0.0777. The van der Waals surface area contributed by atoms with Gasteiger partial charge in [0.1, 0.15) is 11.6 Å². The van der Waals surface area contributed by atoms with E-state index in [0.717, 1.165) is 49.3 Å². The Morgan fingerprint density at radius 1 is 1.13 bits per heavy atom. The van der Waals surface area contributed by atoms with Crippen LogP contribution in [0.5, 0.6) is 5.75 Å². The van der Waals surface area contributed by atoms with Crippen molar-refractivity contribution in [2.45, 2.75) is 46.1 Å². The quantitative estimate of drug-likeness (QED) is 0.264. The number of ether oxygens (including phenoxy) is 1. The van der Waals surface area contributed by atoms with Crippen LogP contribution in [-0.2, 0) is 0 Å². The monoisotopic (exact) mass is 532 g/mol. The number of carbonyl (C=O) groups is 1. The van der Waals surface area contributed by atoms with Gasteiger partial charge in [-0.2, -0.15) is 0 Å². The molecule has 0 aliphatic carbocycles. The topological polar surface area (TPSA) is 56.8 Å². The number of nitrogens with zero attached hydrogens (tertiary/aromatic N) is 2. The van der Waals surface area contributed by atoms with E-state index in [-0.39, 0.29) is 17.8 Å². The largest absolute Gasteiger partial charge is 0.493 e. The summed E-state index contributed by atoms with van der Waals surface area (Å²) in [7, 11) is 2.11. The Hall–Kier alpha value is -3.58. The molecular weight excluding hydrogens is 491 g/mol. The Morgan fingerprint density at radius 2 is 1.95 bits per heavy atom. The van der Waals surface area contributed by atoms with Crippen molar-refractivity contribution in [2.75, 3.05) is 55.4 Å². The predicted octanol–water partition coefficient (Wildman–Crippen LogP) is 6.89. The molecule has 6 nitrogen and oxygen atoms in total. The Labute approximate surface area is 232 Å². The highest BCUT2D eigenvalue weighted by molar-refractivity contribution is 6.08. The Balaban J connectivity index is 1.64. The summed E-state index contributed by atoms with van der Waals surface area (Å²) in [6.07, 6.45) is 2.80. The molecule has 0 radical (unpaired) electrons. The van der Waals surface area contributed by atoms with Gasteiger partial charge in [-0.05, 0) is 94.7 Å². The minimum Gasteiger partial charge on any atom is -0.493 e. The first kappa shape index (κ1) is 28.4. The molecule has 1 aliphatic rings. The number of carbonyl (C=O) groups excluding carboxylic acids is 1. The number of nitrogens with one attached hydrogen (secondary N) is 2. The third-order valence-corrected chi connectivity index (χ3v) is 7.05. The van der Waals surface area contributed by atoms with Crippen LogP contribution in [0, 0.1) is 5.82 Å². The number of para-hydroxylation sites is 2. The highest BCUT2D eigenvalue weighted by atomic mass is 19.1.